The summed E-state index contributed by atoms with van der Waals surface area (Å²) in [6, 6.07) is 5.17. The predicted octanol–water partition coefficient (Wildman–Crippen LogP) is 0.629. The van der Waals surface area contributed by atoms with Crippen molar-refractivity contribution in [3.8, 4) is 0 Å². The second kappa shape index (κ2) is 12.7. The number of nitrogens with one attached hydrogen (secondary N) is 3. The van der Waals surface area contributed by atoms with E-state index in [0.29, 0.717) is 12.5 Å². The number of aryl methyl sites for hydroxylation is 1. The molecule has 3 atom stereocenters. The second-order valence-electron chi connectivity index (χ2n) is 10.9. The number of hydrogen-bond acceptors (Lipinski definition) is 7. The normalized spacial score (nSPS) is 24.8. The molecular weight excluding hydrogens is 494 g/mol. The molecule has 4 rings (SSSR count). The molecule has 0 aromatic heterocycles. The number of piperidine rings is 2. The summed E-state index contributed by atoms with van der Waals surface area (Å²) in [4.78, 5) is 29.5. The Labute approximate surface area is 220 Å². The van der Waals surface area contributed by atoms with Gasteiger partial charge in [0.05, 0.1) is 4.90 Å². The van der Waals surface area contributed by atoms with Crippen molar-refractivity contribution in [2.45, 2.75) is 56.0 Å². The van der Waals surface area contributed by atoms with Crippen LogP contribution < -0.4 is 15.4 Å². The Morgan fingerprint density at radius 1 is 1.08 bits per heavy atom. The van der Waals surface area contributed by atoms with Gasteiger partial charge in [-0.1, -0.05) is 17.7 Å². The molecule has 11 heteroatoms. The van der Waals surface area contributed by atoms with E-state index in [1.54, 1.807) is 12.1 Å². The summed E-state index contributed by atoms with van der Waals surface area (Å²) >= 11 is 0. The van der Waals surface area contributed by atoms with Gasteiger partial charge < -0.3 is 20.6 Å². The van der Waals surface area contributed by atoms with Gasteiger partial charge in [0.1, 0.15) is 6.04 Å². The van der Waals surface area contributed by atoms with E-state index in [-0.39, 0.29) is 23.3 Å². The largest absolute Gasteiger partial charge is 0.480 e. The minimum atomic E-state index is -4.02. The van der Waals surface area contributed by atoms with Crippen molar-refractivity contribution in [2.75, 3.05) is 52.4 Å². The molecule has 0 saturated carbocycles. The minimum absolute atomic E-state index is 0.0101. The maximum Gasteiger partial charge on any atom is 0.323 e. The number of piperazine rings is 1. The van der Waals surface area contributed by atoms with Gasteiger partial charge in [0.15, 0.2) is 0 Å². The van der Waals surface area contributed by atoms with Crippen LogP contribution in [0.1, 0.15) is 37.7 Å². The number of rotatable bonds is 10. The molecule has 0 spiro atoms. The predicted molar refractivity (Wildman–Crippen MR) is 141 cm³/mol. The minimum Gasteiger partial charge on any atom is -0.480 e. The Hall–Kier alpha value is -2.05. The highest BCUT2D eigenvalue weighted by atomic mass is 32.2. The lowest BCUT2D eigenvalue weighted by Crippen LogP contribution is -2.57. The molecule has 206 valence electrons. The molecule has 1 aromatic carbocycles. The molecule has 0 bridgehead atoms. The number of nitrogens with zero attached hydrogens (tertiary/aromatic N) is 2. The van der Waals surface area contributed by atoms with Crippen LogP contribution in [0.25, 0.3) is 0 Å². The maximum absolute atomic E-state index is 12.7. The first-order valence-corrected chi connectivity index (χ1v) is 14.9. The topological polar surface area (TPSA) is 131 Å². The van der Waals surface area contributed by atoms with Crippen LogP contribution in [0.2, 0.25) is 0 Å². The number of carbonyl (C=O) groups excluding carboxylic acids is 1. The van der Waals surface area contributed by atoms with Crippen molar-refractivity contribution in [1.82, 2.24) is 25.2 Å². The van der Waals surface area contributed by atoms with Crippen LogP contribution in [0.4, 0.5) is 0 Å². The highest BCUT2D eigenvalue weighted by Gasteiger charge is 2.34. The number of carboxylic acid groups (broad SMARTS) is 1. The molecule has 10 nitrogen and oxygen atoms in total. The van der Waals surface area contributed by atoms with Crippen LogP contribution in [-0.4, -0.2) is 99.6 Å². The molecule has 1 amide bonds. The summed E-state index contributed by atoms with van der Waals surface area (Å²) < 4.78 is 27.4. The summed E-state index contributed by atoms with van der Waals surface area (Å²) in [5, 5.41) is 15.6. The van der Waals surface area contributed by atoms with Crippen molar-refractivity contribution >= 4 is 21.9 Å². The lowest BCUT2D eigenvalue weighted by atomic mass is 9.86. The quantitative estimate of drug-likeness (QED) is 0.343. The van der Waals surface area contributed by atoms with E-state index in [1.807, 2.05) is 6.92 Å². The first-order valence-electron chi connectivity index (χ1n) is 13.4. The smallest absolute Gasteiger partial charge is 0.323 e. The Morgan fingerprint density at radius 2 is 1.81 bits per heavy atom. The lowest BCUT2D eigenvalue weighted by Gasteiger charge is -2.47. The summed E-state index contributed by atoms with van der Waals surface area (Å²) in [5.41, 5.74) is 0.898. The van der Waals surface area contributed by atoms with Crippen LogP contribution in [-0.2, 0) is 19.6 Å². The molecular formula is C26H41N5O5S. The standard InChI is InChI=1S/C26H41N5O5S/c1-19-2-4-23(5-3-19)37(35,36)29-24(26(33)34)16-28-25(32)15-21-8-11-31-13-12-30(18-22(31)14-21)17-20-6-9-27-10-7-20/h2-5,20-22,24,27,29H,6-18H2,1H3,(H,28,32)(H,33,34)/t21?,22-,24-/m0/s1. The molecule has 3 heterocycles. The van der Waals surface area contributed by atoms with Gasteiger partial charge in [-0.05, 0) is 76.2 Å². The molecule has 37 heavy (non-hydrogen) atoms. The molecule has 1 aromatic rings. The first kappa shape index (κ1) is 28.0. The molecule has 1 unspecified atom stereocenters. The summed E-state index contributed by atoms with van der Waals surface area (Å²) in [6.07, 6.45) is 4.72. The monoisotopic (exact) mass is 535 g/mol. The zero-order valence-corrected chi connectivity index (χ0v) is 22.5. The lowest BCUT2D eigenvalue weighted by molar-refractivity contribution is -0.138. The number of sulfonamides is 1. The number of carbonyl (C=O) groups is 2. The average molecular weight is 536 g/mol. The Bertz CT molecular complexity index is 1030. The van der Waals surface area contributed by atoms with Gasteiger partial charge in [0.2, 0.25) is 15.9 Å². The van der Waals surface area contributed by atoms with Gasteiger partial charge in [-0.25, -0.2) is 8.42 Å². The van der Waals surface area contributed by atoms with Gasteiger partial charge in [-0.3, -0.25) is 14.5 Å². The van der Waals surface area contributed by atoms with E-state index in [9.17, 15) is 23.1 Å². The second-order valence-corrected chi connectivity index (χ2v) is 12.6. The van der Waals surface area contributed by atoms with Gasteiger partial charge in [0.25, 0.3) is 0 Å². The summed E-state index contributed by atoms with van der Waals surface area (Å²) in [5.74, 6) is -0.557. The number of carboxylic acids is 1. The first-order chi connectivity index (χ1) is 17.7. The summed E-state index contributed by atoms with van der Waals surface area (Å²) in [7, 11) is -4.02. The average Bonchev–Trinajstić information content (AvgIpc) is 2.87. The molecule has 0 radical (unpaired) electrons. The molecule has 3 aliphatic heterocycles. The van der Waals surface area contributed by atoms with Crippen LogP contribution in [0, 0.1) is 18.8 Å². The third-order valence-electron chi connectivity index (χ3n) is 8.00. The van der Waals surface area contributed by atoms with Crippen LogP contribution >= 0.6 is 0 Å². The van der Waals surface area contributed by atoms with Crippen LogP contribution in [0.5, 0.6) is 0 Å². The van der Waals surface area contributed by atoms with Crippen LogP contribution in [0.3, 0.4) is 0 Å². The Morgan fingerprint density at radius 3 is 2.51 bits per heavy atom. The van der Waals surface area contributed by atoms with E-state index in [0.717, 1.165) is 70.1 Å². The van der Waals surface area contributed by atoms with E-state index in [2.05, 4.69) is 25.2 Å². The van der Waals surface area contributed by atoms with Crippen molar-refractivity contribution in [1.29, 1.82) is 0 Å². The van der Waals surface area contributed by atoms with Crippen molar-refractivity contribution in [2.24, 2.45) is 11.8 Å². The van der Waals surface area contributed by atoms with Crippen molar-refractivity contribution < 1.29 is 23.1 Å². The number of hydrogen-bond donors (Lipinski definition) is 4. The van der Waals surface area contributed by atoms with E-state index >= 15 is 0 Å². The van der Waals surface area contributed by atoms with Gasteiger partial charge in [-0.15, -0.1) is 0 Å². The fourth-order valence-electron chi connectivity index (χ4n) is 5.81. The van der Waals surface area contributed by atoms with Crippen LogP contribution in [0.15, 0.2) is 29.2 Å². The van der Waals surface area contributed by atoms with E-state index in [4.69, 9.17) is 0 Å². The zero-order valence-electron chi connectivity index (χ0n) is 21.7. The van der Waals surface area contributed by atoms with E-state index in [1.165, 1.54) is 25.0 Å². The van der Waals surface area contributed by atoms with Crippen molar-refractivity contribution in [3.05, 3.63) is 29.8 Å². The maximum atomic E-state index is 12.7. The SMILES string of the molecule is Cc1ccc(S(=O)(=O)N[C@@H](CNC(=O)CC2CCN3CCN(CC4CCNCC4)C[C@@H]3C2)C(=O)O)cc1. The molecule has 4 N–H and O–H groups in total. The number of benzene rings is 1. The zero-order chi connectivity index (χ0) is 26.4. The molecule has 3 fully saturated rings. The number of fused-ring (bicyclic) bond motifs is 1. The Balaban J connectivity index is 1.24. The third kappa shape index (κ3) is 7.97. The van der Waals surface area contributed by atoms with E-state index < -0.39 is 22.0 Å². The fourth-order valence-corrected chi connectivity index (χ4v) is 7.00. The highest BCUT2D eigenvalue weighted by molar-refractivity contribution is 7.89. The number of aliphatic carboxylic acids is 1. The van der Waals surface area contributed by atoms with Gasteiger partial charge in [-0.2, -0.15) is 4.72 Å². The Kier molecular flexibility index (Phi) is 9.57. The molecule has 3 aliphatic rings. The third-order valence-corrected chi connectivity index (χ3v) is 9.49. The number of amides is 1. The van der Waals surface area contributed by atoms with Gasteiger partial charge in [0, 0.05) is 45.2 Å². The summed E-state index contributed by atoms with van der Waals surface area (Å²) in [6.45, 7) is 9.14. The fraction of sp³-hybridized carbons (Fsp3) is 0.692. The van der Waals surface area contributed by atoms with Crippen molar-refractivity contribution in [3.63, 3.8) is 0 Å². The van der Waals surface area contributed by atoms with Gasteiger partial charge >= 0.3 is 5.97 Å². The molecule has 0 aliphatic carbocycles. The highest BCUT2D eigenvalue weighted by Crippen LogP contribution is 2.29. The molecule has 3 saturated heterocycles.